The van der Waals surface area contributed by atoms with Crippen LogP contribution in [0.2, 0.25) is 0 Å². The Hall–Kier alpha value is -3.47. The summed E-state index contributed by atoms with van der Waals surface area (Å²) < 4.78 is 0. The maximum absolute atomic E-state index is 13.6. The molecule has 7 N–H and O–H groups in total. The predicted molar refractivity (Wildman–Crippen MR) is 140 cm³/mol. The molecule has 10 nitrogen and oxygen atoms in total. The summed E-state index contributed by atoms with van der Waals surface area (Å²) in [5.74, 6) is -1.65. The molecule has 0 radical (unpaired) electrons. The molecule has 1 heterocycles. The standard InChI is InChI=1S/C28H36N4O6/c1-16-24(32-26(36)19-12-5-6-13-21(19)33)27(37)30-20(14-17-8-3-2-4-9-17)22(34)15-23(35)31-25(28(38)29-16)18-10-7-11-18/h2-6,8-9,12-13,16,18,20,22,24-26,32-34,36H,7,10-11,14-15H2,1H3,(H,29,38)(H,30,37)(H,31,35). The zero-order valence-corrected chi connectivity index (χ0v) is 21.3. The topological polar surface area (TPSA) is 160 Å². The molecular weight excluding hydrogens is 488 g/mol. The highest BCUT2D eigenvalue weighted by Gasteiger charge is 2.39. The smallest absolute Gasteiger partial charge is 0.243 e. The van der Waals surface area contributed by atoms with E-state index in [0.717, 1.165) is 24.8 Å². The molecule has 204 valence electrons. The Balaban J connectivity index is 1.63. The number of benzene rings is 2. The van der Waals surface area contributed by atoms with Crippen LogP contribution >= 0.6 is 0 Å². The van der Waals surface area contributed by atoms with Gasteiger partial charge < -0.3 is 31.3 Å². The van der Waals surface area contributed by atoms with Crippen molar-refractivity contribution in [3.05, 3.63) is 65.7 Å². The highest BCUT2D eigenvalue weighted by Crippen LogP contribution is 2.30. The highest BCUT2D eigenvalue weighted by atomic mass is 16.3. The van der Waals surface area contributed by atoms with Gasteiger partial charge in [0.2, 0.25) is 17.7 Å². The second kappa shape index (κ2) is 12.4. The van der Waals surface area contributed by atoms with Gasteiger partial charge in [0, 0.05) is 5.56 Å². The Morgan fingerprint density at radius 3 is 2.29 bits per heavy atom. The van der Waals surface area contributed by atoms with E-state index < -0.39 is 54.2 Å². The van der Waals surface area contributed by atoms with Crippen LogP contribution in [0.3, 0.4) is 0 Å². The van der Waals surface area contributed by atoms with Crippen LogP contribution in [-0.4, -0.2) is 63.3 Å². The second-order valence-electron chi connectivity index (χ2n) is 10.2. The number of phenols is 1. The van der Waals surface area contributed by atoms with Gasteiger partial charge in [-0.05, 0) is 43.7 Å². The maximum atomic E-state index is 13.6. The molecule has 1 aliphatic carbocycles. The monoisotopic (exact) mass is 524 g/mol. The first-order chi connectivity index (χ1) is 18.2. The number of nitrogens with one attached hydrogen (secondary N) is 4. The molecular formula is C28H36N4O6. The largest absolute Gasteiger partial charge is 0.508 e. The molecule has 10 heteroatoms. The lowest BCUT2D eigenvalue weighted by molar-refractivity contribution is -0.135. The Labute approximate surface area is 221 Å². The molecule has 2 fully saturated rings. The Morgan fingerprint density at radius 2 is 1.63 bits per heavy atom. The van der Waals surface area contributed by atoms with Crippen molar-refractivity contribution in [1.82, 2.24) is 21.3 Å². The molecule has 2 aromatic carbocycles. The van der Waals surface area contributed by atoms with E-state index in [9.17, 15) is 29.7 Å². The first-order valence-corrected chi connectivity index (χ1v) is 13.1. The molecule has 0 aromatic heterocycles. The van der Waals surface area contributed by atoms with Gasteiger partial charge in [-0.1, -0.05) is 55.0 Å². The fourth-order valence-electron chi connectivity index (χ4n) is 4.98. The summed E-state index contributed by atoms with van der Waals surface area (Å²) in [6.07, 6.45) is -0.117. The number of phenolic OH excluding ortho intramolecular Hbond substituents is 1. The number of aliphatic hydroxyl groups excluding tert-OH is 2. The van der Waals surface area contributed by atoms with Crippen LogP contribution < -0.4 is 21.3 Å². The average Bonchev–Trinajstić information content (AvgIpc) is 2.85. The summed E-state index contributed by atoms with van der Waals surface area (Å²) in [4.78, 5) is 39.7. The van der Waals surface area contributed by atoms with Crippen LogP contribution in [0, 0.1) is 5.92 Å². The molecule has 6 atom stereocenters. The molecule has 6 unspecified atom stereocenters. The molecule has 1 aliphatic heterocycles. The minimum Gasteiger partial charge on any atom is -0.508 e. The SMILES string of the molecule is CC1NC(=O)C(C2CCC2)NC(=O)CC(O)C(Cc2ccccc2)NC(=O)C1NC(O)c1ccccc1O. The molecule has 0 bridgehead atoms. The predicted octanol–water partition coefficient (Wildman–Crippen LogP) is 0.623. The van der Waals surface area contributed by atoms with Crippen molar-refractivity contribution in [3.63, 3.8) is 0 Å². The van der Waals surface area contributed by atoms with E-state index in [1.807, 2.05) is 30.3 Å². The Morgan fingerprint density at radius 1 is 0.947 bits per heavy atom. The molecule has 2 aromatic rings. The number of aromatic hydroxyl groups is 1. The molecule has 0 spiro atoms. The van der Waals surface area contributed by atoms with Crippen LogP contribution in [0.5, 0.6) is 5.75 Å². The van der Waals surface area contributed by atoms with E-state index in [4.69, 9.17) is 0 Å². The lowest BCUT2D eigenvalue weighted by Crippen LogP contribution is -2.63. The molecule has 3 amide bonds. The third kappa shape index (κ3) is 6.69. The lowest BCUT2D eigenvalue weighted by Gasteiger charge is -2.37. The van der Waals surface area contributed by atoms with Gasteiger partial charge in [0.1, 0.15) is 24.1 Å². The fourth-order valence-corrected chi connectivity index (χ4v) is 4.98. The molecule has 2 aliphatic rings. The van der Waals surface area contributed by atoms with Crippen molar-refractivity contribution in [3.8, 4) is 5.75 Å². The summed E-state index contributed by atoms with van der Waals surface area (Å²) in [6, 6.07) is 11.9. The normalized spacial score (nSPS) is 28.1. The van der Waals surface area contributed by atoms with Crippen molar-refractivity contribution >= 4 is 17.7 Å². The van der Waals surface area contributed by atoms with Crippen molar-refractivity contribution in [1.29, 1.82) is 0 Å². The summed E-state index contributed by atoms with van der Waals surface area (Å²) in [6.45, 7) is 1.63. The number of carbonyl (C=O) groups excluding carboxylic acids is 3. The number of amides is 3. The van der Waals surface area contributed by atoms with Gasteiger partial charge in [-0.3, -0.25) is 19.7 Å². The average molecular weight is 525 g/mol. The molecule has 1 saturated carbocycles. The minimum atomic E-state index is -1.42. The highest BCUT2D eigenvalue weighted by molar-refractivity contribution is 5.90. The molecule has 1 saturated heterocycles. The number of rotatable bonds is 6. The number of hydrogen-bond donors (Lipinski definition) is 7. The van der Waals surface area contributed by atoms with E-state index in [2.05, 4.69) is 21.3 Å². The Bertz CT molecular complexity index is 1130. The Kier molecular flexibility index (Phi) is 8.98. The number of aliphatic hydroxyl groups is 2. The van der Waals surface area contributed by atoms with Crippen molar-refractivity contribution < 1.29 is 29.7 Å². The maximum Gasteiger partial charge on any atom is 0.243 e. The summed E-state index contributed by atoms with van der Waals surface area (Å²) in [5, 5.41) is 43.3. The van der Waals surface area contributed by atoms with Gasteiger partial charge in [-0.25, -0.2) is 0 Å². The third-order valence-electron chi connectivity index (χ3n) is 7.43. The molecule has 4 rings (SSSR count). The lowest BCUT2D eigenvalue weighted by atomic mass is 9.79. The van der Waals surface area contributed by atoms with E-state index in [-0.39, 0.29) is 30.1 Å². The number of hydrogen-bond acceptors (Lipinski definition) is 7. The third-order valence-corrected chi connectivity index (χ3v) is 7.43. The summed E-state index contributed by atoms with van der Waals surface area (Å²) in [5.41, 5.74) is 1.03. The zero-order valence-electron chi connectivity index (χ0n) is 21.3. The van der Waals surface area contributed by atoms with Crippen molar-refractivity contribution in [2.45, 2.75) is 75.5 Å². The number of para-hydroxylation sites is 1. The van der Waals surface area contributed by atoms with Gasteiger partial charge in [-0.2, -0.15) is 0 Å². The van der Waals surface area contributed by atoms with Crippen LogP contribution in [0.25, 0.3) is 0 Å². The summed E-state index contributed by atoms with van der Waals surface area (Å²) >= 11 is 0. The van der Waals surface area contributed by atoms with Crippen LogP contribution in [0.4, 0.5) is 0 Å². The quantitative estimate of drug-likeness (QED) is 0.273. The van der Waals surface area contributed by atoms with E-state index >= 15 is 0 Å². The van der Waals surface area contributed by atoms with E-state index in [1.54, 1.807) is 19.1 Å². The second-order valence-corrected chi connectivity index (χ2v) is 10.2. The fraction of sp³-hybridized carbons (Fsp3) is 0.464. The number of carbonyl (C=O) groups is 3. The van der Waals surface area contributed by atoms with Gasteiger partial charge in [0.05, 0.1) is 24.6 Å². The van der Waals surface area contributed by atoms with E-state index in [1.165, 1.54) is 12.1 Å². The van der Waals surface area contributed by atoms with Crippen molar-refractivity contribution in [2.75, 3.05) is 0 Å². The van der Waals surface area contributed by atoms with E-state index in [0.29, 0.717) is 0 Å². The van der Waals surface area contributed by atoms with Crippen LogP contribution in [0.15, 0.2) is 54.6 Å². The summed E-state index contributed by atoms with van der Waals surface area (Å²) in [7, 11) is 0. The van der Waals surface area contributed by atoms with Crippen molar-refractivity contribution in [2.24, 2.45) is 5.92 Å². The first kappa shape index (κ1) is 27.6. The van der Waals surface area contributed by atoms with Crippen LogP contribution in [-0.2, 0) is 20.8 Å². The zero-order chi connectivity index (χ0) is 27.2. The van der Waals surface area contributed by atoms with Gasteiger partial charge in [0.25, 0.3) is 0 Å². The molecule has 38 heavy (non-hydrogen) atoms. The first-order valence-electron chi connectivity index (χ1n) is 13.1. The van der Waals surface area contributed by atoms with Crippen LogP contribution in [0.1, 0.15) is 50.0 Å². The minimum absolute atomic E-state index is 0.0292. The van der Waals surface area contributed by atoms with Gasteiger partial charge in [0.15, 0.2) is 0 Å². The van der Waals surface area contributed by atoms with Gasteiger partial charge >= 0.3 is 0 Å². The van der Waals surface area contributed by atoms with Gasteiger partial charge in [-0.15, -0.1) is 0 Å².